The van der Waals surface area contributed by atoms with E-state index in [1.165, 1.54) is 0 Å². The second-order valence-corrected chi connectivity index (χ2v) is 12.8. The van der Waals surface area contributed by atoms with Crippen LogP contribution in [0.5, 0.6) is 0 Å². The summed E-state index contributed by atoms with van der Waals surface area (Å²) in [6.07, 6.45) is 0.0430. The molecule has 1 heterocycles. The summed E-state index contributed by atoms with van der Waals surface area (Å²) in [5, 5.41) is 27.5. The van der Waals surface area contributed by atoms with Crippen molar-refractivity contribution in [3.8, 4) is 0 Å². The van der Waals surface area contributed by atoms with Crippen LogP contribution in [-0.4, -0.2) is 30.5 Å². The standard InChI is InChI=1S/C36H31N5O5S/c37-34(40-42)25-16-14-24(15-17-25)33-32(23-36(46-33,27-9-3-1-4-10-27)28-11-5-2-6-12-28)47(44,45)31-20-18-29(19-21-31)39-30-13-7-8-26(22-30)35(38)41-43/h1-22,39,42-43H,23H2,(H2,37,40)(H2,38,41). The number of benzene rings is 5. The van der Waals surface area contributed by atoms with E-state index < -0.39 is 15.4 Å². The quantitative estimate of drug-likeness (QED) is 0.0551. The molecule has 0 radical (unpaired) electrons. The number of amidine groups is 2. The van der Waals surface area contributed by atoms with Crippen LogP contribution in [0.1, 0.15) is 34.2 Å². The van der Waals surface area contributed by atoms with Crippen LogP contribution in [0, 0.1) is 0 Å². The van der Waals surface area contributed by atoms with Gasteiger partial charge in [-0.2, -0.15) is 0 Å². The number of ether oxygens (including phenoxy) is 1. The number of nitrogens with zero attached hydrogens (tertiary/aromatic N) is 2. The van der Waals surface area contributed by atoms with Gasteiger partial charge >= 0.3 is 0 Å². The summed E-state index contributed by atoms with van der Waals surface area (Å²) in [4.78, 5) is 0.212. The Kier molecular flexibility index (Phi) is 8.38. The molecular weight excluding hydrogens is 614 g/mol. The van der Waals surface area contributed by atoms with Gasteiger partial charge in [0.25, 0.3) is 0 Å². The van der Waals surface area contributed by atoms with Gasteiger partial charge < -0.3 is 31.9 Å². The molecule has 47 heavy (non-hydrogen) atoms. The van der Waals surface area contributed by atoms with Crippen LogP contribution in [0.3, 0.4) is 0 Å². The highest BCUT2D eigenvalue weighted by Gasteiger charge is 2.48. The maximum absolute atomic E-state index is 14.5. The third-order valence-corrected chi connectivity index (χ3v) is 9.88. The average molecular weight is 646 g/mol. The van der Waals surface area contributed by atoms with Gasteiger partial charge in [0.1, 0.15) is 5.76 Å². The molecule has 0 saturated carbocycles. The average Bonchev–Trinajstić information content (AvgIpc) is 3.55. The first-order chi connectivity index (χ1) is 22.7. The summed E-state index contributed by atoms with van der Waals surface area (Å²) in [7, 11) is -4.09. The summed E-state index contributed by atoms with van der Waals surface area (Å²) in [6, 6.07) is 39.2. The summed E-state index contributed by atoms with van der Waals surface area (Å²) in [6.45, 7) is 0. The lowest BCUT2D eigenvalue weighted by molar-refractivity contribution is 0.101. The lowest BCUT2D eigenvalue weighted by Crippen LogP contribution is -2.27. The highest BCUT2D eigenvalue weighted by molar-refractivity contribution is 7.95. The van der Waals surface area contributed by atoms with E-state index in [1.807, 2.05) is 66.7 Å². The third kappa shape index (κ3) is 5.99. The predicted octanol–water partition coefficient (Wildman–Crippen LogP) is 6.13. The SMILES string of the molecule is NC(=NO)c1ccc(C2=C(S(=O)(=O)c3ccc(Nc4cccc(C(N)=NO)c4)cc3)CC(c3ccccc3)(c3ccccc3)O2)cc1. The number of rotatable bonds is 9. The van der Waals surface area contributed by atoms with Gasteiger partial charge in [-0.15, -0.1) is 0 Å². The first-order valence-electron chi connectivity index (χ1n) is 14.6. The predicted molar refractivity (Wildman–Crippen MR) is 181 cm³/mol. The van der Waals surface area contributed by atoms with Crippen molar-refractivity contribution in [3.05, 3.63) is 166 Å². The molecule has 5 aromatic rings. The maximum atomic E-state index is 14.5. The Hall–Kier alpha value is -6.07. The van der Waals surface area contributed by atoms with Crippen LogP contribution in [0.2, 0.25) is 0 Å². The van der Waals surface area contributed by atoms with Crippen molar-refractivity contribution < 1.29 is 23.6 Å². The highest BCUT2D eigenvalue weighted by Crippen LogP contribution is 2.52. The fourth-order valence-electron chi connectivity index (χ4n) is 5.60. The van der Waals surface area contributed by atoms with Gasteiger partial charge in [0, 0.05) is 45.6 Å². The Morgan fingerprint density at radius 1 is 0.681 bits per heavy atom. The third-order valence-electron chi connectivity index (χ3n) is 8.01. The smallest absolute Gasteiger partial charge is 0.206 e. The van der Waals surface area contributed by atoms with Gasteiger partial charge in [0.05, 0.1) is 9.80 Å². The summed E-state index contributed by atoms with van der Waals surface area (Å²) >= 11 is 0. The topological polar surface area (TPSA) is 173 Å². The monoisotopic (exact) mass is 645 g/mol. The van der Waals surface area contributed by atoms with Crippen LogP contribution in [-0.2, 0) is 20.2 Å². The molecule has 0 amide bonds. The molecule has 0 spiro atoms. The van der Waals surface area contributed by atoms with E-state index >= 15 is 0 Å². The molecular formula is C36H31N5O5S. The number of nitrogens with two attached hydrogens (primary N) is 2. The van der Waals surface area contributed by atoms with Crippen molar-refractivity contribution in [2.24, 2.45) is 21.8 Å². The molecule has 1 aliphatic heterocycles. The molecule has 7 N–H and O–H groups in total. The minimum absolute atomic E-state index is 0.0281. The molecule has 6 rings (SSSR count). The van der Waals surface area contributed by atoms with Gasteiger partial charge in [-0.25, -0.2) is 8.42 Å². The zero-order chi connectivity index (χ0) is 33.0. The molecule has 0 saturated heterocycles. The van der Waals surface area contributed by atoms with Crippen molar-refractivity contribution in [2.75, 3.05) is 5.32 Å². The molecule has 10 nitrogen and oxygen atoms in total. The van der Waals surface area contributed by atoms with Crippen molar-refractivity contribution in [3.63, 3.8) is 0 Å². The van der Waals surface area contributed by atoms with Crippen LogP contribution < -0.4 is 16.8 Å². The molecule has 5 aromatic carbocycles. The van der Waals surface area contributed by atoms with Crippen molar-refractivity contribution in [2.45, 2.75) is 16.9 Å². The van der Waals surface area contributed by atoms with Crippen LogP contribution >= 0.6 is 0 Å². The molecule has 0 unspecified atom stereocenters. The highest BCUT2D eigenvalue weighted by atomic mass is 32.2. The number of sulfone groups is 1. The summed E-state index contributed by atoms with van der Waals surface area (Å²) < 4.78 is 35.9. The van der Waals surface area contributed by atoms with Gasteiger partial charge in [0.15, 0.2) is 17.3 Å². The Labute approximate surface area is 271 Å². The molecule has 0 bridgehead atoms. The number of hydrogen-bond acceptors (Lipinski definition) is 8. The number of nitrogens with one attached hydrogen (secondary N) is 1. The fourth-order valence-corrected chi connectivity index (χ4v) is 7.18. The van der Waals surface area contributed by atoms with E-state index in [1.54, 1.807) is 66.7 Å². The molecule has 0 aliphatic carbocycles. The first kappa shape index (κ1) is 30.9. The molecule has 11 heteroatoms. The maximum Gasteiger partial charge on any atom is 0.206 e. The van der Waals surface area contributed by atoms with E-state index in [0.29, 0.717) is 28.1 Å². The van der Waals surface area contributed by atoms with Crippen molar-refractivity contribution >= 4 is 38.6 Å². The molecule has 0 aromatic heterocycles. The normalized spacial score (nSPS) is 14.9. The van der Waals surface area contributed by atoms with Gasteiger partial charge in [-0.05, 0) is 36.4 Å². The minimum Gasteiger partial charge on any atom is -0.476 e. The van der Waals surface area contributed by atoms with Crippen LogP contribution in [0.25, 0.3) is 5.76 Å². The fraction of sp³-hybridized carbons (Fsp3) is 0.0556. The van der Waals surface area contributed by atoms with Crippen LogP contribution in [0.15, 0.2) is 154 Å². The summed E-state index contributed by atoms with van der Waals surface area (Å²) in [5.74, 6) is 0.115. The van der Waals surface area contributed by atoms with E-state index in [4.69, 9.17) is 26.6 Å². The lowest BCUT2D eigenvalue weighted by atomic mass is 9.84. The van der Waals surface area contributed by atoms with Crippen LogP contribution in [0.4, 0.5) is 11.4 Å². The van der Waals surface area contributed by atoms with Gasteiger partial charge in [-0.1, -0.05) is 107 Å². The van der Waals surface area contributed by atoms with E-state index in [9.17, 15) is 8.42 Å². The number of anilines is 2. The number of oxime groups is 2. The Morgan fingerprint density at radius 3 is 1.83 bits per heavy atom. The zero-order valence-corrected chi connectivity index (χ0v) is 25.8. The lowest BCUT2D eigenvalue weighted by Gasteiger charge is -2.31. The second kappa shape index (κ2) is 12.7. The molecule has 236 valence electrons. The Balaban J connectivity index is 1.42. The minimum atomic E-state index is -4.09. The number of hydrogen-bond donors (Lipinski definition) is 5. The van der Waals surface area contributed by atoms with E-state index in [2.05, 4.69) is 15.6 Å². The molecule has 1 aliphatic rings. The summed E-state index contributed by atoms with van der Waals surface area (Å²) in [5.41, 5.74) is 14.8. The van der Waals surface area contributed by atoms with E-state index in [-0.39, 0.29) is 33.7 Å². The Bertz CT molecular complexity index is 2060. The zero-order valence-electron chi connectivity index (χ0n) is 25.0. The van der Waals surface area contributed by atoms with Gasteiger partial charge in [-0.3, -0.25) is 0 Å². The molecule has 0 fully saturated rings. The molecule has 0 atom stereocenters. The van der Waals surface area contributed by atoms with Crippen molar-refractivity contribution in [1.82, 2.24) is 0 Å². The van der Waals surface area contributed by atoms with E-state index in [0.717, 1.165) is 11.1 Å². The van der Waals surface area contributed by atoms with Gasteiger partial charge in [0.2, 0.25) is 9.84 Å². The van der Waals surface area contributed by atoms with Crippen molar-refractivity contribution in [1.29, 1.82) is 0 Å². The largest absolute Gasteiger partial charge is 0.476 e. The second-order valence-electron chi connectivity index (χ2n) is 10.9. The first-order valence-corrected chi connectivity index (χ1v) is 16.1. The Morgan fingerprint density at radius 2 is 1.26 bits per heavy atom.